The highest BCUT2D eigenvalue weighted by atomic mass is 32.3. The number of nitrogens with zero attached hydrogens (tertiary/aromatic N) is 3. The maximum absolute atomic E-state index is 12.6. The Balaban J connectivity index is 0.000000633. The Morgan fingerprint density at radius 2 is 1.12 bits per heavy atom. The maximum Gasteiger partial charge on any atom is 0.480 e. The molecule has 196 valence electrons. The first-order valence-electron chi connectivity index (χ1n) is 7.04. The predicted octanol–water partition coefficient (Wildman–Crippen LogP) is 3.59. The van der Waals surface area contributed by atoms with E-state index in [1.807, 2.05) is 0 Å². The number of alkyl halides is 14. The quantitative estimate of drug-likeness (QED) is 0.405. The predicted molar refractivity (Wildman–Crippen MR) is 75.0 cm³/mol. The molecular formula is C10H7F14N3O4S2. The molecule has 0 amide bonds. The normalized spacial score (nSPS) is 14.6. The molecule has 0 aromatic carbocycles. The first-order valence-corrected chi connectivity index (χ1v) is 9.92. The number of halogens is 14. The fraction of sp³-hybridized carbons (Fsp3) is 0.700. The lowest BCUT2D eigenvalue weighted by Crippen LogP contribution is -2.50. The first-order chi connectivity index (χ1) is 14.1. The van der Waals surface area contributed by atoms with Crippen molar-refractivity contribution in [2.45, 2.75) is 42.4 Å². The maximum atomic E-state index is 12.6. The summed E-state index contributed by atoms with van der Waals surface area (Å²) in [5.41, 5.74) is -12.4. The second-order valence-electron chi connectivity index (χ2n) is 5.49. The number of imidazole rings is 1. The molecule has 1 aromatic rings. The molecule has 33 heavy (non-hydrogen) atoms. The molecule has 23 heteroatoms. The zero-order chi connectivity index (χ0) is 26.9. The summed E-state index contributed by atoms with van der Waals surface area (Å²) in [6, 6.07) is 0. The van der Waals surface area contributed by atoms with Crippen LogP contribution in [0.1, 0.15) is 0 Å². The van der Waals surface area contributed by atoms with Crippen LogP contribution in [0, 0.1) is 0 Å². The van der Waals surface area contributed by atoms with E-state index in [0.717, 1.165) is 10.3 Å². The Morgan fingerprint density at radius 3 is 1.42 bits per heavy atom. The van der Waals surface area contributed by atoms with Crippen molar-refractivity contribution in [2.75, 3.05) is 0 Å². The average molecular weight is 563 g/mol. The van der Waals surface area contributed by atoms with Crippen molar-refractivity contribution in [1.82, 2.24) is 4.57 Å². The van der Waals surface area contributed by atoms with Gasteiger partial charge in [0.05, 0.1) is 0 Å². The van der Waals surface area contributed by atoms with Gasteiger partial charge in [0.25, 0.3) is 0 Å². The summed E-state index contributed by atoms with van der Waals surface area (Å²) in [4.78, 5) is 0. The fourth-order valence-corrected chi connectivity index (χ4v) is 3.08. The topological polar surface area (TPSA) is 91.2 Å². The van der Waals surface area contributed by atoms with Gasteiger partial charge in [0.2, 0.25) is 6.33 Å². The van der Waals surface area contributed by atoms with E-state index in [1.54, 1.807) is 0 Å². The molecule has 0 unspecified atom stereocenters. The number of hydrogen-bond donors (Lipinski definition) is 0. The van der Waals surface area contributed by atoms with E-state index < -0.39 is 62.4 Å². The summed E-state index contributed by atoms with van der Waals surface area (Å²) < 4.78 is 206. The third kappa shape index (κ3) is 9.46. The van der Waals surface area contributed by atoms with Crippen LogP contribution in [0.2, 0.25) is 0 Å². The van der Waals surface area contributed by atoms with Gasteiger partial charge in [0, 0.05) is 0 Å². The lowest BCUT2D eigenvalue weighted by atomic mass is 10.3. The molecule has 1 heterocycles. The van der Waals surface area contributed by atoms with Crippen LogP contribution < -0.4 is 4.57 Å². The molecular weight excluding hydrogens is 556 g/mol. The lowest BCUT2D eigenvalue weighted by Gasteiger charge is -2.22. The summed E-state index contributed by atoms with van der Waals surface area (Å²) in [7, 11) is -13.4. The molecule has 0 atom stereocenters. The third-order valence-electron chi connectivity index (χ3n) is 2.69. The van der Waals surface area contributed by atoms with Crippen LogP contribution in [0.25, 0.3) is 4.13 Å². The highest BCUT2D eigenvalue weighted by Gasteiger charge is 2.59. The molecule has 1 rings (SSSR count). The molecule has 0 saturated carbocycles. The van der Waals surface area contributed by atoms with Crippen LogP contribution in [0.15, 0.2) is 18.7 Å². The van der Waals surface area contributed by atoms with Gasteiger partial charge in [-0.3, -0.25) is 0 Å². The highest BCUT2D eigenvalue weighted by molar-refractivity contribution is 8.13. The largest absolute Gasteiger partial charge is 0.480 e. The van der Waals surface area contributed by atoms with Gasteiger partial charge >= 0.3 is 29.3 Å². The molecule has 0 N–H and O–H groups in total. The van der Waals surface area contributed by atoms with Crippen LogP contribution >= 0.6 is 0 Å². The van der Waals surface area contributed by atoms with Gasteiger partial charge in [-0.25, -0.2) is 26.0 Å². The van der Waals surface area contributed by atoms with Gasteiger partial charge in [-0.1, -0.05) is 0 Å². The smallest absolute Gasteiger partial charge is 0.421 e. The molecule has 0 bridgehead atoms. The van der Waals surface area contributed by atoms with E-state index in [4.69, 9.17) is 0 Å². The monoisotopic (exact) mass is 563 g/mol. The fourth-order valence-electron chi connectivity index (χ4n) is 1.37. The van der Waals surface area contributed by atoms with Gasteiger partial charge in [-0.05, 0) is 0 Å². The first kappa shape index (κ1) is 31.1. The second kappa shape index (κ2) is 9.38. The Morgan fingerprint density at radius 1 is 0.727 bits per heavy atom. The third-order valence-corrected chi connectivity index (χ3v) is 5.43. The Hall–Kier alpha value is -1.91. The van der Waals surface area contributed by atoms with E-state index in [-0.39, 0.29) is 0 Å². The lowest BCUT2D eigenvalue weighted by molar-refractivity contribution is -0.719. The number of rotatable bonds is 5. The van der Waals surface area contributed by atoms with Gasteiger partial charge in [0.1, 0.15) is 12.4 Å². The van der Waals surface area contributed by atoms with Crippen LogP contribution in [0.4, 0.5) is 61.5 Å². The molecule has 0 fully saturated rings. The zero-order valence-corrected chi connectivity index (χ0v) is 16.4. The number of sulfonamides is 2. The van der Waals surface area contributed by atoms with Crippen LogP contribution in [-0.2, 0) is 33.1 Å². The zero-order valence-electron chi connectivity index (χ0n) is 14.7. The molecule has 0 aliphatic heterocycles. The number of aromatic nitrogens is 2. The van der Waals surface area contributed by atoms with Crippen molar-refractivity contribution >= 4 is 20.0 Å². The summed E-state index contributed by atoms with van der Waals surface area (Å²) in [6.07, 6.45) is -8.31. The van der Waals surface area contributed by atoms with E-state index in [2.05, 4.69) is 0 Å². The minimum Gasteiger partial charge on any atom is -0.421 e. The summed E-state index contributed by atoms with van der Waals surface area (Å²) >= 11 is 0. The van der Waals surface area contributed by atoms with E-state index >= 15 is 0 Å². The minimum atomic E-state index is -6.72. The molecule has 0 saturated heterocycles. The van der Waals surface area contributed by atoms with Gasteiger partial charge in [-0.15, -0.1) is 0 Å². The Labute approximate surface area is 173 Å². The molecule has 1 aromatic heterocycles. The SMILES string of the molecule is FC(F)(F)Cn1cc[n+](CC(F)(F)C(F)(F)F)c1.O=S(=O)([N-]S(=O)(=O)C(F)(F)F)C(F)(F)F. The molecule has 0 radical (unpaired) electrons. The van der Waals surface area contributed by atoms with Gasteiger partial charge in [-0.2, -0.15) is 61.5 Å². The summed E-state index contributed by atoms with van der Waals surface area (Å²) in [5, 5.41) is 0. The van der Waals surface area contributed by atoms with Crippen LogP contribution in [0.3, 0.4) is 0 Å². The minimum absolute atomic E-state index is 0.346. The van der Waals surface area contributed by atoms with Crippen molar-refractivity contribution < 1.29 is 82.9 Å². The van der Waals surface area contributed by atoms with Crippen LogP contribution in [-0.4, -0.2) is 50.7 Å². The standard InChI is InChI=1S/C8H7F8N2.C2F6NO4S2/c9-6(10,8(14,15)16)3-17-1-2-18(5-17)4-7(11,12)13;3-1(4,5)14(10,11)9-15(12,13)2(6,7)8/h1-2,5H,3-4H2;/q+1;-1. The van der Waals surface area contributed by atoms with Crippen LogP contribution in [0.5, 0.6) is 0 Å². The van der Waals surface area contributed by atoms with Crippen molar-refractivity contribution in [2.24, 2.45) is 0 Å². The molecule has 0 spiro atoms. The van der Waals surface area contributed by atoms with E-state index in [9.17, 15) is 78.3 Å². The molecule has 0 aliphatic carbocycles. The summed E-state index contributed by atoms with van der Waals surface area (Å²) in [5.74, 6) is -5.00. The molecule has 7 nitrogen and oxygen atoms in total. The molecule has 0 aliphatic rings. The van der Waals surface area contributed by atoms with Crippen molar-refractivity contribution in [3.05, 3.63) is 22.8 Å². The van der Waals surface area contributed by atoms with Crippen molar-refractivity contribution in [1.29, 1.82) is 0 Å². The van der Waals surface area contributed by atoms with Crippen molar-refractivity contribution in [3.63, 3.8) is 0 Å². The highest BCUT2D eigenvalue weighted by Crippen LogP contribution is 2.36. The Kier molecular flexibility index (Phi) is 8.84. The van der Waals surface area contributed by atoms with E-state index in [0.29, 0.717) is 21.7 Å². The van der Waals surface area contributed by atoms with E-state index in [1.165, 1.54) is 0 Å². The second-order valence-corrected chi connectivity index (χ2v) is 8.91. The number of hydrogen-bond acceptors (Lipinski definition) is 4. The van der Waals surface area contributed by atoms with Crippen molar-refractivity contribution in [3.8, 4) is 0 Å². The average Bonchev–Trinajstić information content (AvgIpc) is 2.87. The Bertz CT molecular complexity index is 960. The van der Waals surface area contributed by atoms with Gasteiger partial charge < -0.3 is 4.13 Å². The summed E-state index contributed by atoms with van der Waals surface area (Å²) in [6.45, 7) is -3.22. The van der Waals surface area contributed by atoms with Gasteiger partial charge in [0.15, 0.2) is 33.1 Å².